The van der Waals surface area contributed by atoms with Gasteiger partial charge in [-0.15, -0.1) is 0 Å². The van der Waals surface area contributed by atoms with Gasteiger partial charge >= 0.3 is 0 Å². The molecule has 0 radical (unpaired) electrons. The van der Waals surface area contributed by atoms with Gasteiger partial charge in [0, 0.05) is 23.8 Å². The molecule has 0 fully saturated rings. The monoisotopic (exact) mass is 268 g/mol. The Morgan fingerprint density at radius 2 is 2.05 bits per heavy atom. The highest BCUT2D eigenvalue weighted by atomic mass is 15.3. The van der Waals surface area contributed by atoms with Crippen LogP contribution in [0.4, 0.5) is 5.69 Å². The number of benzene rings is 1. The average Bonchev–Trinajstić information content (AvgIpc) is 3.07. The minimum atomic E-state index is 0.440. The number of rotatable bonds is 4. The molecule has 4 heteroatoms. The van der Waals surface area contributed by atoms with Gasteiger partial charge in [0.05, 0.1) is 23.4 Å². The highest BCUT2D eigenvalue weighted by molar-refractivity contribution is 5.90. The van der Waals surface area contributed by atoms with E-state index in [9.17, 15) is 0 Å². The summed E-state index contributed by atoms with van der Waals surface area (Å²) in [5.74, 6) is 0. The summed E-state index contributed by atoms with van der Waals surface area (Å²) in [6.45, 7) is 5.10. The smallest absolute Gasteiger partial charge is 0.0821 e. The Hall–Kier alpha value is -2.23. The Labute approximate surface area is 118 Å². The Morgan fingerprint density at radius 3 is 2.85 bits per heavy atom. The van der Waals surface area contributed by atoms with Crippen molar-refractivity contribution in [1.29, 1.82) is 0 Å². The molecule has 1 atom stereocenters. The molecule has 0 aliphatic rings. The van der Waals surface area contributed by atoms with E-state index < -0.39 is 0 Å². The average molecular weight is 268 g/mol. The van der Waals surface area contributed by atoms with Crippen LogP contribution < -0.4 is 5.73 Å². The van der Waals surface area contributed by atoms with Crippen molar-refractivity contribution in [2.24, 2.45) is 0 Å². The van der Waals surface area contributed by atoms with Gasteiger partial charge in [-0.05, 0) is 31.5 Å². The molecular formula is C16H20N4. The fourth-order valence-electron chi connectivity index (χ4n) is 2.49. The second-order valence-electron chi connectivity index (χ2n) is 5.27. The highest BCUT2D eigenvalue weighted by Gasteiger charge is 2.08. The summed E-state index contributed by atoms with van der Waals surface area (Å²) in [7, 11) is 0. The molecule has 0 spiro atoms. The third kappa shape index (κ3) is 2.18. The zero-order valence-corrected chi connectivity index (χ0v) is 12.0. The van der Waals surface area contributed by atoms with Crippen molar-refractivity contribution in [2.75, 3.05) is 5.73 Å². The standard InChI is InChI=1S/C16H20N4/c1-3-12(2)20-10-8-14(18-20)11-19-9-7-13-5-4-6-15(17)16(13)19/h4-10,12H,3,11,17H2,1-2H3. The lowest BCUT2D eigenvalue weighted by Gasteiger charge is -2.09. The zero-order chi connectivity index (χ0) is 14.1. The van der Waals surface area contributed by atoms with Gasteiger partial charge < -0.3 is 10.3 Å². The summed E-state index contributed by atoms with van der Waals surface area (Å²) in [5.41, 5.74) is 9.05. The SMILES string of the molecule is CCC(C)n1ccc(Cn2ccc3cccc(N)c32)n1. The van der Waals surface area contributed by atoms with Crippen LogP contribution in [0.25, 0.3) is 10.9 Å². The van der Waals surface area contributed by atoms with Gasteiger partial charge in [-0.25, -0.2) is 0 Å². The molecule has 2 heterocycles. The molecule has 0 amide bonds. The summed E-state index contributed by atoms with van der Waals surface area (Å²) in [4.78, 5) is 0. The predicted molar refractivity (Wildman–Crippen MR) is 82.7 cm³/mol. The number of hydrogen-bond acceptors (Lipinski definition) is 2. The number of nitrogen functional groups attached to an aromatic ring is 1. The van der Waals surface area contributed by atoms with Crippen molar-refractivity contribution in [3.05, 3.63) is 48.4 Å². The maximum Gasteiger partial charge on any atom is 0.0821 e. The minimum Gasteiger partial charge on any atom is -0.397 e. The zero-order valence-electron chi connectivity index (χ0n) is 12.0. The predicted octanol–water partition coefficient (Wildman–Crippen LogP) is 3.44. The molecule has 20 heavy (non-hydrogen) atoms. The van der Waals surface area contributed by atoms with Crippen LogP contribution in [0.3, 0.4) is 0 Å². The van der Waals surface area contributed by atoms with E-state index in [0.717, 1.165) is 29.9 Å². The first kappa shape index (κ1) is 12.8. The summed E-state index contributed by atoms with van der Waals surface area (Å²) in [5, 5.41) is 5.82. The van der Waals surface area contributed by atoms with Crippen LogP contribution in [0.2, 0.25) is 0 Å². The van der Waals surface area contributed by atoms with E-state index in [4.69, 9.17) is 5.73 Å². The van der Waals surface area contributed by atoms with E-state index in [0.29, 0.717) is 6.04 Å². The minimum absolute atomic E-state index is 0.440. The van der Waals surface area contributed by atoms with Gasteiger partial charge in [-0.3, -0.25) is 4.68 Å². The summed E-state index contributed by atoms with van der Waals surface area (Å²) >= 11 is 0. The molecule has 4 nitrogen and oxygen atoms in total. The van der Waals surface area contributed by atoms with Gasteiger partial charge in [0.25, 0.3) is 0 Å². The molecule has 3 aromatic rings. The number of nitrogens with two attached hydrogens (primary N) is 1. The molecule has 104 valence electrons. The van der Waals surface area contributed by atoms with Crippen LogP contribution in [-0.2, 0) is 6.54 Å². The third-order valence-electron chi connectivity index (χ3n) is 3.86. The number of fused-ring (bicyclic) bond motifs is 1. The molecule has 0 aliphatic heterocycles. The molecule has 0 saturated heterocycles. The van der Waals surface area contributed by atoms with E-state index in [1.54, 1.807) is 0 Å². The van der Waals surface area contributed by atoms with Crippen LogP contribution in [-0.4, -0.2) is 14.3 Å². The third-order valence-corrected chi connectivity index (χ3v) is 3.86. The molecule has 0 saturated carbocycles. The van der Waals surface area contributed by atoms with Crippen LogP contribution in [0.15, 0.2) is 42.7 Å². The lowest BCUT2D eigenvalue weighted by Crippen LogP contribution is -2.06. The molecule has 1 aromatic carbocycles. The molecule has 2 N–H and O–H groups in total. The summed E-state index contributed by atoms with van der Waals surface area (Å²) in [6, 6.07) is 10.6. The maximum atomic E-state index is 6.08. The topological polar surface area (TPSA) is 48.8 Å². The van der Waals surface area contributed by atoms with Crippen molar-refractivity contribution in [2.45, 2.75) is 32.9 Å². The van der Waals surface area contributed by atoms with Crippen LogP contribution in [0.1, 0.15) is 32.0 Å². The highest BCUT2D eigenvalue weighted by Crippen LogP contribution is 2.23. The fourth-order valence-corrected chi connectivity index (χ4v) is 2.49. The Bertz CT molecular complexity index is 723. The van der Waals surface area contributed by atoms with Gasteiger partial charge in [0.1, 0.15) is 0 Å². The second-order valence-corrected chi connectivity index (χ2v) is 5.27. The molecular weight excluding hydrogens is 248 g/mol. The van der Waals surface area contributed by atoms with E-state index in [1.807, 2.05) is 16.8 Å². The van der Waals surface area contributed by atoms with Gasteiger partial charge in [-0.2, -0.15) is 5.10 Å². The number of para-hydroxylation sites is 1. The van der Waals surface area contributed by atoms with Crippen molar-refractivity contribution in [3.63, 3.8) is 0 Å². The van der Waals surface area contributed by atoms with Crippen LogP contribution >= 0.6 is 0 Å². The summed E-state index contributed by atoms with van der Waals surface area (Å²) in [6.07, 6.45) is 5.21. The number of anilines is 1. The largest absolute Gasteiger partial charge is 0.397 e. The number of hydrogen-bond donors (Lipinski definition) is 1. The number of nitrogens with zero attached hydrogens (tertiary/aromatic N) is 3. The van der Waals surface area contributed by atoms with Crippen LogP contribution in [0, 0.1) is 0 Å². The van der Waals surface area contributed by atoms with E-state index in [-0.39, 0.29) is 0 Å². The lowest BCUT2D eigenvalue weighted by molar-refractivity contribution is 0.472. The van der Waals surface area contributed by atoms with Crippen molar-refractivity contribution in [3.8, 4) is 0 Å². The van der Waals surface area contributed by atoms with E-state index >= 15 is 0 Å². The second kappa shape index (κ2) is 5.04. The molecule has 0 bridgehead atoms. The first-order valence-electron chi connectivity index (χ1n) is 7.06. The quantitative estimate of drug-likeness (QED) is 0.737. The van der Waals surface area contributed by atoms with E-state index in [2.05, 4.69) is 54.1 Å². The Balaban J connectivity index is 1.92. The maximum absolute atomic E-state index is 6.08. The Morgan fingerprint density at radius 1 is 1.20 bits per heavy atom. The summed E-state index contributed by atoms with van der Waals surface area (Å²) < 4.78 is 4.19. The van der Waals surface area contributed by atoms with Crippen LogP contribution in [0.5, 0.6) is 0 Å². The van der Waals surface area contributed by atoms with Gasteiger partial charge in [-0.1, -0.05) is 19.1 Å². The lowest BCUT2D eigenvalue weighted by atomic mass is 10.2. The Kier molecular flexibility index (Phi) is 3.22. The van der Waals surface area contributed by atoms with Gasteiger partial charge in [0.2, 0.25) is 0 Å². The fraction of sp³-hybridized carbons (Fsp3) is 0.312. The number of aromatic nitrogens is 3. The van der Waals surface area contributed by atoms with Crippen molar-refractivity contribution >= 4 is 16.6 Å². The molecule has 1 unspecified atom stereocenters. The molecule has 0 aliphatic carbocycles. The van der Waals surface area contributed by atoms with Gasteiger partial charge in [0.15, 0.2) is 0 Å². The normalized spacial score (nSPS) is 12.9. The van der Waals surface area contributed by atoms with E-state index in [1.165, 1.54) is 5.39 Å². The first-order valence-corrected chi connectivity index (χ1v) is 7.06. The molecule has 2 aromatic heterocycles. The van der Waals surface area contributed by atoms with Crippen molar-refractivity contribution < 1.29 is 0 Å². The first-order chi connectivity index (χ1) is 9.69. The van der Waals surface area contributed by atoms with Crippen molar-refractivity contribution in [1.82, 2.24) is 14.3 Å². The molecule has 3 rings (SSSR count).